The fraction of sp³-hybridized carbons (Fsp3) is 0.538. The van der Waals surface area contributed by atoms with Gasteiger partial charge in [0.1, 0.15) is 13.2 Å². The SMILES string of the molecule is ClC(c1cc2c(cc1Br)OCCO2)C1CCCO1. The highest BCUT2D eigenvalue weighted by molar-refractivity contribution is 9.10. The van der Waals surface area contributed by atoms with Crippen LogP contribution in [-0.2, 0) is 4.74 Å². The smallest absolute Gasteiger partial charge is 0.162 e. The lowest BCUT2D eigenvalue weighted by Crippen LogP contribution is -2.17. The average Bonchev–Trinajstić information content (AvgIpc) is 2.91. The minimum atomic E-state index is -0.155. The first kappa shape index (κ1) is 12.6. The first-order valence-corrected chi connectivity index (χ1v) is 7.33. The summed E-state index contributed by atoms with van der Waals surface area (Å²) in [6, 6.07) is 3.88. The second kappa shape index (κ2) is 5.27. The van der Waals surface area contributed by atoms with Gasteiger partial charge in [-0.15, -0.1) is 11.6 Å². The summed E-state index contributed by atoms with van der Waals surface area (Å²) in [5.41, 5.74) is 1.01. The van der Waals surface area contributed by atoms with Crippen LogP contribution in [0.1, 0.15) is 23.8 Å². The van der Waals surface area contributed by atoms with Crippen molar-refractivity contribution in [3.63, 3.8) is 0 Å². The molecule has 1 fully saturated rings. The Balaban J connectivity index is 1.90. The van der Waals surface area contributed by atoms with E-state index in [1.165, 1.54) is 0 Å². The van der Waals surface area contributed by atoms with Crippen LogP contribution in [0.3, 0.4) is 0 Å². The number of ether oxygens (including phenoxy) is 3. The van der Waals surface area contributed by atoms with Crippen LogP contribution in [0.15, 0.2) is 16.6 Å². The number of fused-ring (bicyclic) bond motifs is 1. The van der Waals surface area contributed by atoms with Gasteiger partial charge in [0.25, 0.3) is 0 Å². The van der Waals surface area contributed by atoms with Crippen molar-refractivity contribution in [3.8, 4) is 11.5 Å². The van der Waals surface area contributed by atoms with E-state index in [2.05, 4.69) is 15.9 Å². The predicted octanol–water partition coefficient (Wildman–Crippen LogP) is 3.68. The summed E-state index contributed by atoms with van der Waals surface area (Å²) < 4.78 is 17.7. The molecule has 1 aromatic rings. The van der Waals surface area contributed by atoms with Crippen molar-refractivity contribution in [1.82, 2.24) is 0 Å². The van der Waals surface area contributed by atoms with Gasteiger partial charge in [0.15, 0.2) is 11.5 Å². The van der Waals surface area contributed by atoms with Crippen molar-refractivity contribution in [2.24, 2.45) is 0 Å². The van der Waals surface area contributed by atoms with Crippen LogP contribution in [-0.4, -0.2) is 25.9 Å². The zero-order valence-electron chi connectivity index (χ0n) is 9.83. The monoisotopic (exact) mass is 332 g/mol. The fourth-order valence-electron chi connectivity index (χ4n) is 2.32. The van der Waals surface area contributed by atoms with Crippen molar-refractivity contribution >= 4 is 27.5 Å². The summed E-state index contributed by atoms with van der Waals surface area (Å²) in [7, 11) is 0. The van der Waals surface area contributed by atoms with Crippen LogP contribution in [0, 0.1) is 0 Å². The van der Waals surface area contributed by atoms with Crippen LogP contribution >= 0.6 is 27.5 Å². The molecule has 2 aliphatic rings. The molecule has 3 nitrogen and oxygen atoms in total. The number of hydrogen-bond acceptors (Lipinski definition) is 3. The molecule has 0 bridgehead atoms. The van der Waals surface area contributed by atoms with Gasteiger partial charge in [-0.1, -0.05) is 15.9 Å². The topological polar surface area (TPSA) is 27.7 Å². The molecule has 0 aromatic heterocycles. The van der Waals surface area contributed by atoms with Crippen LogP contribution in [0.2, 0.25) is 0 Å². The zero-order valence-corrected chi connectivity index (χ0v) is 12.2. The van der Waals surface area contributed by atoms with E-state index in [1.807, 2.05) is 12.1 Å². The Hall–Kier alpha value is -0.450. The summed E-state index contributed by atoms with van der Waals surface area (Å²) in [6.07, 6.45) is 2.18. The molecule has 5 heteroatoms. The van der Waals surface area contributed by atoms with Gasteiger partial charge in [0.05, 0.1) is 11.5 Å². The Kier molecular flexibility index (Phi) is 3.68. The molecule has 3 rings (SSSR count). The van der Waals surface area contributed by atoms with Gasteiger partial charge in [0.2, 0.25) is 0 Å². The van der Waals surface area contributed by atoms with Gasteiger partial charge in [0, 0.05) is 11.1 Å². The summed E-state index contributed by atoms with van der Waals surface area (Å²) in [5.74, 6) is 1.54. The minimum absolute atomic E-state index is 0.0884. The van der Waals surface area contributed by atoms with E-state index in [-0.39, 0.29) is 11.5 Å². The first-order chi connectivity index (χ1) is 8.75. The molecule has 0 radical (unpaired) electrons. The van der Waals surface area contributed by atoms with Gasteiger partial charge < -0.3 is 14.2 Å². The third-order valence-electron chi connectivity index (χ3n) is 3.25. The first-order valence-electron chi connectivity index (χ1n) is 6.10. The fourth-order valence-corrected chi connectivity index (χ4v) is 3.40. The van der Waals surface area contributed by atoms with Crippen molar-refractivity contribution in [1.29, 1.82) is 0 Å². The number of benzene rings is 1. The maximum atomic E-state index is 6.51. The molecular formula is C13H14BrClO3. The zero-order chi connectivity index (χ0) is 12.5. The van der Waals surface area contributed by atoms with Crippen molar-refractivity contribution in [2.75, 3.05) is 19.8 Å². The molecule has 98 valence electrons. The Morgan fingerprint density at radius 1 is 1.17 bits per heavy atom. The van der Waals surface area contributed by atoms with E-state index in [1.54, 1.807) is 0 Å². The highest BCUT2D eigenvalue weighted by atomic mass is 79.9. The Morgan fingerprint density at radius 2 is 1.89 bits per heavy atom. The highest BCUT2D eigenvalue weighted by Crippen LogP contribution is 2.42. The third-order valence-corrected chi connectivity index (χ3v) is 4.45. The van der Waals surface area contributed by atoms with E-state index in [4.69, 9.17) is 25.8 Å². The van der Waals surface area contributed by atoms with Crippen LogP contribution < -0.4 is 9.47 Å². The molecule has 0 saturated carbocycles. The number of rotatable bonds is 2. The van der Waals surface area contributed by atoms with Gasteiger partial charge in [-0.3, -0.25) is 0 Å². The second-order valence-corrected chi connectivity index (χ2v) is 5.80. The molecule has 18 heavy (non-hydrogen) atoms. The molecule has 1 aromatic carbocycles. The lowest BCUT2D eigenvalue weighted by atomic mass is 10.0. The molecule has 2 unspecified atom stereocenters. The summed E-state index contributed by atoms with van der Waals surface area (Å²) in [6.45, 7) is 1.98. The molecule has 0 N–H and O–H groups in total. The van der Waals surface area contributed by atoms with Gasteiger partial charge in [-0.2, -0.15) is 0 Å². The lowest BCUT2D eigenvalue weighted by Gasteiger charge is -2.23. The van der Waals surface area contributed by atoms with Gasteiger partial charge in [-0.05, 0) is 30.5 Å². The molecule has 0 aliphatic carbocycles. The Morgan fingerprint density at radius 3 is 2.56 bits per heavy atom. The summed E-state index contributed by atoms with van der Waals surface area (Å²) in [5, 5.41) is -0.155. The highest BCUT2D eigenvalue weighted by Gasteiger charge is 2.28. The van der Waals surface area contributed by atoms with E-state index in [0.717, 1.165) is 41.0 Å². The van der Waals surface area contributed by atoms with Gasteiger partial charge in [-0.25, -0.2) is 0 Å². The summed E-state index contributed by atoms with van der Waals surface area (Å²) in [4.78, 5) is 0. The van der Waals surface area contributed by atoms with E-state index < -0.39 is 0 Å². The predicted molar refractivity (Wildman–Crippen MR) is 72.7 cm³/mol. The van der Waals surface area contributed by atoms with Crippen LogP contribution in [0.5, 0.6) is 11.5 Å². The Labute approximate surface area is 119 Å². The Bertz CT molecular complexity index is 446. The van der Waals surface area contributed by atoms with Crippen LogP contribution in [0.25, 0.3) is 0 Å². The van der Waals surface area contributed by atoms with Crippen LogP contribution in [0.4, 0.5) is 0 Å². The van der Waals surface area contributed by atoms with Crippen molar-refractivity contribution in [2.45, 2.75) is 24.3 Å². The normalized spacial score (nSPS) is 24.0. The van der Waals surface area contributed by atoms with Crippen molar-refractivity contribution in [3.05, 3.63) is 22.2 Å². The van der Waals surface area contributed by atoms with Gasteiger partial charge >= 0.3 is 0 Å². The summed E-state index contributed by atoms with van der Waals surface area (Å²) >= 11 is 10.1. The van der Waals surface area contributed by atoms with E-state index >= 15 is 0 Å². The molecule has 0 amide bonds. The second-order valence-electron chi connectivity index (χ2n) is 4.47. The number of hydrogen-bond donors (Lipinski definition) is 0. The molecular weight excluding hydrogens is 319 g/mol. The molecule has 0 spiro atoms. The van der Waals surface area contributed by atoms with Crippen molar-refractivity contribution < 1.29 is 14.2 Å². The molecule has 2 atom stereocenters. The quantitative estimate of drug-likeness (QED) is 0.773. The number of halogens is 2. The molecule has 2 aliphatic heterocycles. The number of alkyl halides is 1. The largest absolute Gasteiger partial charge is 0.486 e. The maximum Gasteiger partial charge on any atom is 0.162 e. The average molecular weight is 334 g/mol. The maximum absolute atomic E-state index is 6.51. The minimum Gasteiger partial charge on any atom is -0.486 e. The standard InChI is InChI=1S/C13H14BrClO3/c14-9-7-12-11(17-4-5-18-12)6-8(9)13(15)10-2-1-3-16-10/h6-7,10,13H,1-5H2. The van der Waals surface area contributed by atoms with E-state index in [9.17, 15) is 0 Å². The lowest BCUT2D eigenvalue weighted by molar-refractivity contribution is 0.107. The molecule has 2 heterocycles. The molecule has 1 saturated heterocycles. The van der Waals surface area contributed by atoms with E-state index in [0.29, 0.717) is 13.2 Å². The third kappa shape index (κ3) is 2.33.